The summed E-state index contributed by atoms with van der Waals surface area (Å²) in [6.07, 6.45) is 0. The molecular formula is C14H25NOS2. The van der Waals surface area contributed by atoms with Crippen LogP contribution in [0.1, 0.15) is 49.1 Å². The highest BCUT2D eigenvalue weighted by Gasteiger charge is 2.19. The van der Waals surface area contributed by atoms with Crippen molar-refractivity contribution >= 4 is 22.1 Å². The van der Waals surface area contributed by atoms with Crippen molar-refractivity contribution < 1.29 is 4.21 Å². The lowest BCUT2D eigenvalue weighted by atomic mass is 10.1. The molecule has 0 aliphatic rings. The van der Waals surface area contributed by atoms with Crippen LogP contribution >= 0.6 is 11.3 Å². The highest BCUT2D eigenvalue weighted by molar-refractivity contribution is 7.86. The minimum absolute atomic E-state index is 0.111. The first-order valence-electron chi connectivity index (χ1n) is 6.40. The summed E-state index contributed by atoms with van der Waals surface area (Å²) in [5, 5.41) is 3.47. The minimum Gasteiger partial charge on any atom is -0.309 e. The Morgan fingerprint density at radius 2 is 2.00 bits per heavy atom. The smallest absolute Gasteiger partial charge is 0.0375 e. The molecule has 4 heteroatoms. The predicted octanol–water partition coefficient (Wildman–Crippen LogP) is 3.56. The molecule has 0 spiro atoms. The van der Waals surface area contributed by atoms with E-state index in [1.54, 1.807) is 0 Å². The zero-order chi connectivity index (χ0) is 13.9. The molecule has 0 aliphatic carbocycles. The monoisotopic (exact) mass is 287 g/mol. The van der Waals surface area contributed by atoms with Crippen LogP contribution in [0, 0.1) is 13.8 Å². The fourth-order valence-electron chi connectivity index (χ4n) is 1.86. The molecule has 0 saturated carbocycles. The van der Waals surface area contributed by atoms with Crippen LogP contribution in [-0.2, 0) is 10.8 Å². The van der Waals surface area contributed by atoms with Gasteiger partial charge in [-0.3, -0.25) is 4.21 Å². The molecule has 1 N–H and O–H groups in total. The minimum atomic E-state index is -0.770. The van der Waals surface area contributed by atoms with Gasteiger partial charge >= 0.3 is 0 Å². The molecule has 1 rings (SSSR count). The second-order valence-corrected chi connectivity index (χ2v) is 9.49. The molecular weight excluding hydrogens is 262 g/mol. The van der Waals surface area contributed by atoms with Crippen LogP contribution in [0.25, 0.3) is 0 Å². The van der Waals surface area contributed by atoms with Crippen molar-refractivity contribution in [3.05, 3.63) is 21.4 Å². The van der Waals surface area contributed by atoms with Gasteiger partial charge in [0, 0.05) is 43.6 Å². The van der Waals surface area contributed by atoms with E-state index in [9.17, 15) is 4.21 Å². The molecule has 0 aromatic carbocycles. The van der Waals surface area contributed by atoms with Crippen molar-refractivity contribution in [1.29, 1.82) is 0 Å². The van der Waals surface area contributed by atoms with E-state index in [0.717, 1.165) is 12.3 Å². The largest absolute Gasteiger partial charge is 0.309 e. The van der Waals surface area contributed by atoms with Gasteiger partial charge in [-0.15, -0.1) is 11.3 Å². The van der Waals surface area contributed by atoms with E-state index in [0.29, 0.717) is 6.04 Å². The summed E-state index contributed by atoms with van der Waals surface area (Å²) in [7, 11) is -0.770. The first kappa shape index (κ1) is 15.9. The van der Waals surface area contributed by atoms with Gasteiger partial charge in [-0.05, 0) is 53.2 Å². The number of nitrogens with one attached hydrogen (secondary N) is 1. The zero-order valence-electron chi connectivity index (χ0n) is 12.3. The molecule has 18 heavy (non-hydrogen) atoms. The molecule has 0 amide bonds. The Labute approximate surface area is 118 Å². The summed E-state index contributed by atoms with van der Waals surface area (Å²) in [4.78, 5) is 2.74. The second kappa shape index (κ2) is 6.31. The van der Waals surface area contributed by atoms with Gasteiger partial charge < -0.3 is 5.32 Å². The molecule has 0 fully saturated rings. The van der Waals surface area contributed by atoms with E-state index >= 15 is 0 Å². The summed E-state index contributed by atoms with van der Waals surface area (Å²) < 4.78 is 11.8. The topological polar surface area (TPSA) is 29.1 Å². The molecule has 2 atom stereocenters. The molecule has 1 aromatic heterocycles. The SMILES string of the molecule is Cc1cc(C(C)NCCS(=O)C(C)(C)C)c(C)s1. The second-order valence-electron chi connectivity index (χ2n) is 5.71. The van der Waals surface area contributed by atoms with Crippen LogP contribution in [-0.4, -0.2) is 21.3 Å². The van der Waals surface area contributed by atoms with Crippen molar-refractivity contribution in [1.82, 2.24) is 5.32 Å². The van der Waals surface area contributed by atoms with E-state index in [4.69, 9.17) is 0 Å². The molecule has 0 radical (unpaired) electrons. The molecule has 1 aromatic rings. The highest BCUT2D eigenvalue weighted by atomic mass is 32.2. The molecule has 1 heterocycles. The predicted molar refractivity (Wildman–Crippen MR) is 83.0 cm³/mol. The standard InChI is InChI=1S/C14H25NOS2/c1-10-9-13(12(3)17-10)11(2)15-7-8-18(16)14(4,5)6/h9,11,15H,7-8H2,1-6H3. The van der Waals surface area contributed by atoms with Gasteiger partial charge in [-0.25, -0.2) is 0 Å². The normalized spacial score (nSPS) is 15.7. The third kappa shape index (κ3) is 4.48. The Bertz CT molecular complexity index is 418. The van der Waals surface area contributed by atoms with Crippen LogP contribution in [0.15, 0.2) is 6.07 Å². The maximum atomic E-state index is 11.9. The average Bonchev–Trinajstić information content (AvgIpc) is 2.56. The number of hydrogen-bond donors (Lipinski definition) is 1. The molecule has 0 aliphatic heterocycles. The summed E-state index contributed by atoms with van der Waals surface area (Å²) in [6.45, 7) is 13.4. The highest BCUT2D eigenvalue weighted by Crippen LogP contribution is 2.25. The van der Waals surface area contributed by atoms with Gasteiger partial charge in [0.15, 0.2) is 0 Å². The number of rotatable bonds is 5. The number of thiophene rings is 1. The van der Waals surface area contributed by atoms with E-state index in [-0.39, 0.29) is 4.75 Å². The lowest BCUT2D eigenvalue weighted by Crippen LogP contribution is -2.30. The van der Waals surface area contributed by atoms with Crippen molar-refractivity contribution in [2.45, 2.75) is 52.3 Å². The fourth-order valence-corrected chi connectivity index (χ4v) is 3.80. The number of hydrogen-bond acceptors (Lipinski definition) is 3. The molecule has 0 bridgehead atoms. The lowest BCUT2D eigenvalue weighted by molar-refractivity contribution is 0.590. The van der Waals surface area contributed by atoms with E-state index in [1.807, 2.05) is 32.1 Å². The van der Waals surface area contributed by atoms with E-state index < -0.39 is 10.8 Å². The van der Waals surface area contributed by atoms with E-state index in [1.165, 1.54) is 15.3 Å². The Hall–Kier alpha value is -0.190. The summed E-state index contributed by atoms with van der Waals surface area (Å²) in [6, 6.07) is 2.59. The molecule has 0 saturated heterocycles. The van der Waals surface area contributed by atoms with Crippen molar-refractivity contribution in [2.24, 2.45) is 0 Å². The Morgan fingerprint density at radius 3 is 2.44 bits per heavy atom. The van der Waals surface area contributed by atoms with E-state index in [2.05, 4.69) is 32.2 Å². The van der Waals surface area contributed by atoms with Crippen LogP contribution in [0.2, 0.25) is 0 Å². The molecule has 2 unspecified atom stereocenters. The fraction of sp³-hybridized carbons (Fsp3) is 0.714. The summed E-state index contributed by atoms with van der Waals surface area (Å²) in [5.74, 6) is 0.718. The first-order valence-corrected chi connectivity index (χ1v) is 8.54. The van der Waals surface area contributed by atoms with Gasteiger partial charge in [0.2, 0.25) is 0 Å². The quantitative estimate of drug-likeness (QED) is 0.897. The average molecular weight is 287 g/mol. The van der Waals surface area contributed by atoms with Crippen molar-refractivity contribution in [3.63, 3.8) is 0 Å². The van der Waals surface area contributed by atoms with Gasteiger partial charge in [0.25, 0.3) is 0 Å². The maximum Gasteiger partial charge on any atom is 0.0375 e. The van der Waals surface area contributed by atoms with Crippen LogP contribution in [0.5, 0.6) is 0 Å². The van der Waals surface area contributed by atoms with Crippen LogP contribution in [0.4, 0.5) is 0 Å². The van der Waals surface area contributed by atoms with Gasteiger partial charge in [-0.1, -0.05) is 0 Å². The maximum absolute atomic E-state index is 11.9. The Kier molecular flexibility index (Phi) is 5.56. The van der Waals surface area contributed by atoms with Crippen molar-refractivity contribution in [2.75, 3.05) is 12.3 Å². The number of aryl methyl sites for hydroxylation is 2. The summed E-state index contributed by atoms with van der Waals surface area (Å²) in [5.41, 5.74) is 1.37. The van der Waals surface area contributed by atoms with Gasteiger partial charge in [-0.2, -0.15) is 0 Å². The third-order valence-electron chi connectivity index (χ3n) is 2.97. The van der Waals surface area contributed by atoms with Crippen molar-refractivity contribution in [3.8, 4) is 0 Å². The first-order chi connectivity index (χ1) is 8.21. The summed E-state index contributed by atoms with van der Waals surface area (Å²) >= 11 is 1.84. The molecule has 2 nitrogen and oxygen atoms in total. The lowest BCUT2D eigenvalue weighted by Gasteiger charge is -2.19. The van der Waals surface area contributed by atoms with Crippen LogP contribution < -0.4 is 5.32 Å². The Morgan fingerprint density at radius 1 is 1.39 bits per heavy atom. The van der Waals surface area contributed by atoms with Gasteiger partial charge in [0.1, 0.15) is 0 Å². The zero-order valence-corrected chi connectivity index (χ0v) is 13.9. The Balaban J connectivity index is 2.45. The van der Waals surface area contributed by atoms with Crippen LogP contribution in [0.3, 0.4) is 0 Å². The molecule has 104 valence electrons. The van der Waals surface area contributed by atoms with Gasteiger partial charge in [0.05, 0.1) is 0 Å². The third-order valence-corrected chi connectivity index (χ3v) is 5.89.